The van der Waals surface area contributed by atoms with Crippen molar-refractivity contribution >= 4 is 76.6 Å². The molecule has 1 spiro atoms. The van der Waals surface area contributed by atoms with Crippen LogP contribution in [0, 0.1) is 17.8 Å². The number of hydrogen-bond donors (Lipinski definition) is 3. The maximum absolute atomic E-state index is 15.0. The van der Waals surface area contributed by atoms with Crippen LogP contribution in [0.3, 0.4) is 0 Å². The molecule has 2 saturated carbocycles. The van der Waals surface area contributed by atoms with E-state index < -0.39 is 161 Å². The summed E-state index contributed by atoms with van der Waals surface area (Å²) >= 11 is 6.10. The Kier molecular flexibility index (Phi) is 25.7. The Balaban J connectivity index is 1.53. The number of carbonyl (C=O) groups is 11. The zero-order valence-corrected chi connectivity index (χ0v) is 54.5. The highest BCUT2D eigenvalue weighted by atomic mass is 35.5. The minimum absolute atomic E-state index is 0.0358. The van der Waals surface area contributed by atoms with Gasteiger partial charge in [-0.05, 0) is 94.2 Å². The molecule has 26 heteroatoms. The van der Waals surface area contributed by atoms with E-state index in [2.05, 4.69) is 16.0 Å². The van der Waals surface area contributed by atoms with E-state index in [4.69, 9.17) is 11.6 Å². The zero-order chi connectivity index (χ0) is 65.9. The summed E-state index contributed by atoms with van der Waals surface area (Å²) in [4.78, 5) is 168. The number of nitrogens with one attached hydrogen (secondary N) is 3. The molecule has 11 amide bonds. The van der Waals surface area contributed by atoms with Gasteiger partial charge in [-0.2, -0.15) is 13.2 Å². The van der Waals surface area contributed by atoms with Gasteiger partial charge in [0.25, 0.3) is 0 Å². The summed E-state index contributed by atoms with van der Waals surface area (Å²) in [7, 11) is 10.00. The second-order valence-corrected chi connectivity index (χ2v) is 25.9. The predicted octanol–water partition coefficient (Wildman–Crippen LogP) is 4.48. The van der Waals surface area contributed by atoms with Crippen LogP contribution in [-0.2, 0) is 65.3 Å². The van der Waals surface area contributed by atoms with Crippen LogP contribution in [0.5, 0.6) is 0 Å². The number of rotatable bonds is 8. The number of benzene rings is 1. The van der Waals surface area contributed by atoms with E-state index in [9.17, 15) is 61.1 Å². The van der Waals surface area contributed by atoms with Gasteiger partial charge in [0.05, 0.1) is 30.2 Å². The van der Waals surface area contributed by atoms with Crippen molar-refractivity contribution in [3.05, 3.63) is 34.3 Å². The highest BCUT2D eigenvalue weighted by molar-refractivity contribution is 6.31. The fourth-order valence-corrected chi connectivity index (χ4v) is 12.9. The van der Waals surface area contributed by atoms with Crippen molar-refractivity contribution in [1.82, 2.24) is 55.1 Å². The van der Waals surface area contributed by atoms with Crippen molar-refractivity contribution in [2.75, 3.05) is 75.5 Å². The molecule has 4 fully saturated rings. The third kappa shape index (κ3) is 17.9. The number of fused-ring (bicyclic) bond motifs is 1. The summed E-state index contributed by atoms with van der Waals surface area (Å²) in [6.45, 7) is 8.72. The Morgan fingerprint density at radius 2 is 1.27 bits per heavy atom. The van der Waals surface area contributed by atoms with Gasteiger partial charge in [-0.3, -0.25) is 52.7 Å². The maximum atomic E-state index is 15.0. The molecule has 4 aliphatic rings. The number of nitrogens with zero attached hydrogens (tertiary/aromatic N) is 8. The minimum Gasteiger partial charge on any atom is -0.343 e. The zero-order valence-electron chi connectivity index (χ0n) is 53.7. The van der Waals surface area contributed by atoms with Crippen molar-refractivity contribution in [3.63, 3.8) is 0 Å². The average molecular weight is 1260 g/mol. The average Bonchev–Trinajstić information content (AvgIpc) is 4.25. The molecule has 2 aliphatic carbocycles. The Hall–Kier alpha value is -6.53. The monoisotopic (exact) mass is 1260 g/mol. The van der Waals surface area contributed by atoms with Crippen LogP contribution in [0.25, 0.3) is 0 Å². The highest BCUT2D eigenvalue weighted by Crippen LogP contribution is 2.37. The Bertz CT molecular complexity index is 2720. The van der Waals surface area contributed by atoms with Gasteiger partial charge in [0.15, 0.2) is 0 Å². The topological polar surface area (TPSA) is 250 Å². The van der Waals surface area contributed by atoms with Gasteiger partial charge in [-0.1, -0.05) is 96.7 Å². The van der Waals surface area contributed by atoms with Crippen LogP contribution in [0.4, 0.5) is 13.2 Å². The first-order valence-corrected chi connectivity index (χ1v) is 31.4. The highest BCUT2D eigenvalue weighted by Gasteiger charge is 2.50. The van der Waals surface area contributed by atoms with Crippen molar-refractivity contribution in [2.24, 2.45) is 17.8 Å². The van der Waals surface area contributed by atoms with Gasteiger partial charge in [-0.15, -0.1) is 0 Å². The number of hydrogen-bond acceptors (Lipinski definition) is 11. The van der Waals surface area contributed by atoms with Crippen molar-refractivity contribution < 1.29 is 65.9 Å². The fourth-order valence-electron chi connectivity index (χ4n) is 12.5. The predicted molar refractivity (Wildman–Crippen MR) is 323 cm³/mol. The van der Waals surface area contributed by atoms with Crippen molar-refractivity contribution in [3.8, 4) is 0 Å². The molecule has 0 unspecified atom stereocenters. The molecule has 8 atom stereocenters. The largest absolute Gasteiger partial charge is 0.417 e. The summed E-state index contributed by atoms with van der Waals surface area (Å²) in [6.07, 6.45) is 1.89. The summed E-state index contributed by atoms with van der Waals surface area (Å²) in [5.41, 5.74) is -2.24. The van der Waals surface area contributed by atoms with Crippen molar-refractivity contribution in [2.45, 2.75) is 198 Å². The van der Waals surface area contributed by atoms with E-state index in [1.807, 2.05) is 6.92 Å². The smallest absolute Gasteiger partial charge is 0.343 e. The quantitative estimate of drug-likeness (QED) is 0.327. The Morgan fingerprint density at radius 3 is 1.86 bits per heavy atom. The maximum Gasteiger partial charge on any atom is 0.417 e. The van der Waals surface area contributed by atoms with Gasteiger partial charge in [0, 0.05) is 68.3 Å². The molecule has 0 bridgehead atoms. The molecule has 0 radical (unpaired) electrons. The first-order chi connectivity index (χ1) is 41.1. The molecule has 22 nitrogen and oxygen atoms in total. The molecule has 492 valence electrons. The number of likely N-dealkylation sites (N-methyl/N-ethyl adjacent to an activating group) is 7. The van der Waals surface area contributed by atoms with Crippen molar-refractivity contribution in [1.29, 1.82) is 0 Å². The van der Waals surface area contributed by atoms with E-state index in [-0.39, 0.29) is 57.4 Å². The van der Waals surface area contributed by atoms with Gasteiger partial charge < -0.3 is 55.1 Å². The van der Waals surface area contributed by atoms with E-state index >= 15 is 4.79 Å². The molecule has 5 rings (SSSR count). The van der Waals surface area contributed by atoms with Crippen LogP contribution < -0.4 is 16.0 Å². The molecule has 2 saturated heterocycles. The lowest BCUT2D eigenvalue weighted by Gasteiger charge is -2.41. The van der Waals surface area contributed by atoms with Crippen LogP contribution in [0.15, 0.2) is 18.2 Å². The lowest BCUT2D eigenvalue weighted by atomic mass is 9.84. The van der Waals surface area contributed by atoms with Gasteiger partial charge in [0.1, 0.15) is 41.8 Å². The normalized spacial score (nSPS) is 26.7. The number of halogens is 4. The molecule has 88 heavy (non-hydrogen) atoms. The van der Waals surface area contributed by atoms with Gasteiger partial charge >= 0.3 is 6.18 Å². The number of alkyl halides is 3. The second-order valence-electron chi connectivity index (χ2n) is 25.5. The van der Waals surface area contributed by atoms with E-state index in [1.165, 1.54) is 86.8 Å². The molecule has 2 aliphatic heterocycles. The second kappa shape index (κ2) is 31.3. The number of amides is 11. The van der Waals surface area contributed by atoms with E-state index in [1.54, 1.807) is 27.7 Å². The third-order valence-corrected chi connectivity index (χ3v) is 19.0. The summed E-state index contributed by atoms with van der Waals surface area (Å²) in [5, 5.41) is 7.97. The standard InChI is InChI=1S/C62H95ClF3N11O11/c1-14-38(4)52-58(86)72(9)35-50(80)70(7)36-51(81)75(12)47(33-41-21-16-15-17-22-41)57(85)71(8)34-48(78)67-45(27-25-42-24-26-43(44(63)32-42)62(64,65)66)56(84)77-30-20-23-46(77)55(83)69-61(28-18-19-29-61)60(88)76(13)53(37(2)3)59(87)73(10)39(5)31-49(79)74(11)40(6)54(82)68-52/h24,26,32,37-41,45-47,52-53H,14-23,25,27-31,33-36H2,1-13H3,(H,67,78)(H,68,82)(H,69,83)/t38-,39+,40-,45-,46-,47-,52-,53-/m0/s1. The van der Waals surface area contributed by atoms with Gasteiger partial charge in [-0.25, -0.2) is 0 Å². The van der Waals surface area contributed by atoms with Crippen LogP contribution >= 0.6 is 11.6 Å². The summed E-state index contributed by atoms with van der Waals surface area (Å²) in [5.74, 6) is -7.66. The van der Waals surface area contributed by atoms with E-state index in [0.29, 0.717) is 31.2 Å². The SMILES string of the molecule is CC[C@H](C)[C@@H]1NC(=O)[C@H](C)N(C)C(=O)C[C@@H](C)N(C)C(=O)[C@H](C(C)C)N(C)C(=O)C2(CCCC2)NC(=O)[C@@H]2CCCN2C(=O)[C@H](CCc2ccc(C(F)(F)F)c(Cl)c2)NC(=O)CN(C)C(=O)[C@H](CC2CCCCC2)N(C)C(=O)CN(C)C(=O)CN(C)C1=O. The minimum atomic E-state index is -4.74. The fraction of sp³-hybridized carbons (Fsp3) is 0.726. The lowest BCUT2D eigenvalue weighted by Crippen LogP contribution is -2.64. The first-order valence-electron chi connectivity index (χ1n) is 31.0. The van der Waals surface area contributed by atoms with E-state index in [0.717, 1.165) is 58.9 Å². The number of carbonyl (C=O) groups excluding carboxylic acids is 11. The van der Waals surface area contributed by atoms with Gasteiger partial charge in [0.2, 0.25) is 65.0 Å². The lowest BCUT2D eigenvalue weighted by molar-refractivity contribution is -0.152. The Morgan fingerprint density at radius 1 is 0.659 bits per heavy atom. The van der Waals surface area contributed by atoms with Crippen LogP contribution in [0.1, 0.15) is 149 Å². The van der Waals surface area contributed by atoms with Crippen LogP contribution in [-0.4, -0.2) is 228 Å². The Labute approximate surface area is 521 Å². The molecular formula is C62H95ClF3N11O11. The third-order valence-electron chi connectivity index (χ3n) is 18.7. The summed E-state index contributed by atoms with van der Waals surface area (Å²) < 4.78 is 41.2. The number of aryl methyl sites for hydroxylation is 1. The molecule has 1 aromatic rings. The molecule has 1 aromatic carbocycles. The molecule has 3 N–H and O–H groups in total. The van der Waals surface area contributed by atoms with Crippen LogP contribution in [0.2, 0.25) is 5.02 Å². The first kappa shape index (κ1) is 72.2. The molecule has 2 heterocycles. The molecule has 0 aromatic heterocycles. The summed E-state index contributed by atoms with van der Waals surface area (Å²) in [6, 6.07) is -4.54. The molecular weight excluding hydrogens is 1170 g/mol.